The first kappa shape index (κ1) is 19.2. The Kier molecular flexibility index (Phi) is 5.80. The molecule has 1 aromatic carbocycles. The standard InChI is InChI=1S/C19H18N4O5/c1-25-14-3-2-11(8-15(14)26-5-4-16-27-6-7-28-16)17-12(9-20)18(22)23-19(24)13(17)10-21/h2-3,8,16H,4-7H2,1H3,(H3,22,23,24). The number of anilines is 1. The average molecular weight is 382 g/mol. The lowest BCUT2D eigenvalue weighted by Gasteiger charge is -2.15. The zero-order valence-electron chi connectivity index (χ0n) is 15.2. The van der Waals surface area contributed by atoms with E-state index in [0.717, 1.165) is 0 Å². The number of nitrogens with zero attached hydrogens (tertiary/aromatic N) is 2. The number of hydrogen-bond donors (Lipinski definition) is 2. The lowest BCUT2D eigenvalue weighted by molar-refractivity contribution is -0.0532. The normalized spacial score (nSPS) is 13.7. The Morgan fingerprint density at radius 3 is 2.57 bits per heavy atom. The summed E-state index contributed by atoms with van der Waals surface area (Å²) in [5.74, 6) is 0.756. The van der Waals surface area contributed by atoms with Crippen molar-refractivity contribution in [2.24, 2.45) is 0 Å². The summed E-state index contributed by atoms with van der Waals surface area (Å²) < 4.78 is 21.8. The Balaban J connectivity index is 1.98. The quantitative estimate of drug-likeness (QED) is 0.765. The van der Waals surface area contributed by atoms with Crippen LogP contribution in [0, 0.1) is 22.7 Å². The molecule has 2 heterocycles. The van der Waals surface area contributed by atoms with Crippen molar-refractivity contribution in [1.82, 2.24) is 4.98 Å². The number of pyridine rings is 1. The molecule has 3 N–H and O–H groups in total. The summed E-state index contributed by atoms with van der Waals surface area (Å²) in [6.07, 6.45) is 0.218. The number of nitrogens with two attached hydrogens (primary N) is 1. The van der Waals surface area contributed by atoms with E-state index in [-0.39, 0.29) is 28.8 Å². The molecule has 144 valence electrons. The number of ether oxygens (including phenoxy) is 4. The number of aromatic amines is 1. The summed E-state index contributed by atoms with van der Waals surface area (Å²) in [5, 5.41) is 18.9. The van der Waals surface area contributed by atoms with Crippen LogP contribution in [-0.2, 0) is 9.47 Å². The second kappa shape index (κ2) is 8.44. The molecule has 0 amide bonds. The number of rotatable bonds is 6. The number of nitrogen functional groups attached to an aromatic ring is 1. The van der Waals surface area contributed by atoms with Crippen LogP contribution in [0.4, 0.5) is 5.82 Å². The molecule has 9 heteroatoms. The SMILES string of the molecule is COc1ccc(-c2c(C#N)c(N)[nH]c(=O)c2C#N)cc1OCCC1OCCO1. The van der Waals surface area contributed by atoms with E-state index >= 15 is 0 Å². The molecule has 1 aliphatic heterocycles. The van der Waals surface area contributed by atoms with Crippen molar-refractivity contribution in [1.29, 1.82) is 10.5 Å². The fourth-order valence-electron chi connectivity index (χ4n) is 2.92. The smallest absolute Gasteiger partial charge is 0.268 e. The highest BCUT2D eigenvalue weighted by molar-refractivity contribution is 5.81. The number of methoxy groups -OCH3 is 1. The maximum absolute atomic E-state index is 12.1. The molecule has 0 aliphatic carbocycles. The molecule has 1 fully saturated rings. The fraction of sp³-hybridized carbons (Fsp3) is 0.316. The molecule has 1 aromatic heterocycles. The molecular formula is C19H18N4O5. The minimum Gasteiger partial charge on any atom is -0.493 e. The van der Waals surface area contributed by atoms with E-state index in [1.54, 1.807) is 18.2 Å². The minimum atomic E-state index is -0.664. The van der Waals surface area contributed by atoms with Crippen LogP contribution in [0.15, 0.2) is 23.0 Å². The van der Waals surface area contributed by atoms with Crippen LogP contribution in [0.3, 0.4) is 0 Å². The molecule has 28 heavy (non-hydrogen) atoms. The highest BCUT2D eigenvalue weighted by Gasteiger charge is 2.20. The van der Waals surface area contributed by atoms with E-state index in [1.807, 2.05) is 12.1 Å². The van der Waals surface area contributed by atoms with E-state index < -0.39 is 5.56 Å². The Labute approximate surface area is 160 Å². The predicted molar refractivity (Wildman–Crippen MR) is 98.7 cm³/mol. The number of aromatic nitrogens is 1. The third-order valence-corrected chi connectivity index (χ3v) is 4.22. The lowest BCUT2D eigenvalue weighted by Crippen LogP contribution is -2.16. The van der Waals surface area contributed by atoms with Crippen molar-refractivity contribution in [2.75, 3.05) is 32.7 Å². The van der Waals surface area contributed by atoms with Gasteiger partial charge in [-0.1, -0.05) is 6.07 Å². The van der Waals surface area contributed by atoms with Gasteiger partial charge in [0.2, 0.25) is 0 Å². The monoisotopic (exact) mass is 382 g/mol. The maximum Gasteiger partial charge on any atom is 0.268 e. The number of hydrogen-bond acceptors (Lipinski definition) is 8. The van der Waals surface area contributed by atoms with Gasteiger partial charge in [0.25, 0.3) is 5.56 Å². The van der Waals surface area contributed by atoms with Gasteiger partial charge in [-0.25, -0.2) is 0 Å². The molecule has 1 aliphatic rings. The summed E-state index contributed by atoms with van der Waals surface area (Å²) in [7, 11) is 1.50. The number of nitrogens with one attached hydrogen (secondary N) is 1. The molecule has 0 saturated carbocycles. The Bertz CT molecular complexity index is 1010. The molecule has 9 nitrogen and oxygen atoms in total. The van der Waals surface area contributed by atoms with Crippen molar-refractivity contribution >= 4 is 5.82 Å². The molecule has 0 atom stereocenters. The number of nitriles is 2. The van der Waals surface area contributed by atoms with Gasteiger partial charge in [0.1, 0.15) is 29.1 Å². The first-order chi connectivity index (χ1) is 13.6. The van der Waals surface area contributed by atoms with Crippen LogP contribution < -0.4 is 20.8 Å². The van der Waals surface area contributed by atoms with Gasteiger partial charge in [0, 0.05) is 12.0 Å². The van der Waals surface area contributed by atoms with Crippen LogP contribution in [0.5, 0.6) is 11.5 Å². The summed E-state index contributed by atoms with van der Waals surface area (Å²) in [6.45, 7) is 1.42. The molecule has 0 spiro atoms. The van der Waals surface area contributed by atoms with E-state index in [2.05, 4.69) is 4.98 Å². The molecule has 0 bridgehead atoms. The summed E-state index contributed by atoms with van der Waals surface area (Å²) in [4.78, 5) is 14.4. The van der Waals surface area contributed by atoms with Crippen molar-refractivity contribution in [3.8, 4) is 34.8 Å². The third-order valence-electron chi connectivity index (χ3n) is 4.22. The van der Waals surface area contributed by atoms with Gasteiger partial charge in [0.05, 0.1) is 26.9 Å². The summed E-state index contributed by atoms with van der Waals surface area (Å²) >= 11 is 0. The Morgan fingerprint density at radius 2 is 1.93 bits per heavy atom. The lowest BCUT2D eigenvalue weighted by atomic mass is 9.96. The molecule has 3 rings (SSSR count). The van der Waals surface area contributed by atoms with Crippen LogP contribution >= 0.6 is 0 Å². The van der Waals surface area contributed by atoms with E-state index in [1.165, 1.54) is 7.11 Å². The minimum absolute atomic E-state index is 0.0139. The van der Waals surface area contributed by atoms with Crippen molar-refractivity contribution < 1.29 is 18.9 Å². The van der Waals surface area contributed by atoms with Gasteiger partial charge in [-0.05, 0) is 17.7 Å². The van der Waals surface area contributed by atoms with E-state index in [0.29, 0.717) is 43.3 Å². The number of benzene rings is 1. The molecule has 2 aromatic rings. The van der Waals surface area contributed by atoms with Crippen LogP contribution in [0.25, 0.3) is 11.1 Å². The zero-order valence-corrected chi connectivity index (χ0v) is 15.2. The first-order valence-corrected chi connectivity index (χ1v) is 8.49. The third kappa shape index (κ3) is 3.76. The average Bonchev–Trinajstić information content (AvgIpc) is 3.21. The van der Waals surface area contributed by atoms with Crippen molar-refractivity contribution in [3.63, 3.8) is 0 Å². The zero-order chi connectivity index (χ0) is 20.1. The Hall–Kier alpha value is -3.53. The van der Waals surface area contributed by atoms with Gasteiger partial charge >= 0.3 is 0 Å². The van der Waals surface area contributed by atoms with Gasteiger partial charge in [0.15, 0.2) is 17.8 Å². The number of H-pyrrole nitrogens is 1. The maximum atomic E-state index is 12.1. The highest BCUT2D eigenvalue weighted by atomic mass is 16.7. The molecule has 0 radical (unpaired) electrons. The second-order valence-corrected chi connectivity index (χ2v) is 5.89. The van der Waals surface area contributed by atoms with Crippen LogP contribution in [-0.4, -0.2) is 38.2 Å². The van der Waals surface area contributed by atoms with Crippen molar-refractivity contribution in [2.45, 2.75) is 12.7 Å². The predicted octanol–water partition coefficient (Wildman–Crippen LogP) is 1.52. The van der Waals surface area contributed by atoms with Crippen LogP contribution in [0.1, 0.15) is 17.5 Å². The van der Waals surface area contributed by atoms with E-state index in [4.69, 9.17) is 24.7 Å². The first-order valence-electron chi connectivity index (χ1n) is 8.49. The molecule has 1 saturated heterocycles. The summed E-state index contributed by atoms with van der Waals surface area (Å²) in [5.41, 5.74) is 5.51. The molecular weight excluding hydrogens is 364 g/mol. The van der Waals surface area contributed by atoms with Gasteiger partial charge < -0.3 is 29.7 Å². The second-order valence-electron chi connectivity index (χ2n) is 5.89. The largest absolute Gasteiger partial charge is 0.493 e. The van der Waals surface area contributed by atoms with Crippen molar-refractivity contribution in [3.05, 3.63) is 39.7 Å². The molecule has 0 unspecified atom stereocenters. The summed E-state index contributed by atoms with van der Waals surface area (Å²) in [6, 6.07) is 8.64. The van der Waals surface area contributed by atoms with Gasteiger partial charge in [-0.15, -0.1) is 0 Å². The van der Waals surface area contributed by atoms with Gasteiger partial charge in [-0.2, -0.15) is 10.5 Å². The topological polar surface area (TPSA) is 143 Å². The van der Waals surface area contributed by atoms with Gasteiger partial charge in [-0.3, -0.25) is 4.79 Å². The fourth-order valence-corrected chi connectivity index (χ4v) is 2.92. The van der Waals surface area contributed by atoms with E-state index in [9.17, 15) is 15.3 Å². The highest BCUT2D eigenvalue weighted by Crippen LogP contribution is 2.35. The Morgan fingerprint density at radius 1 is 1.21 bits per heavy atom. The van der Waals surface area contributed by atoms with Crippen LogP contribution in [0.2, 0.25) is 0 Å².